The van der Waals surface area contributed by atoms with Crippen LogP contribution in [0.3, 0.4) is 0 Å². The number of ether oxygens (including phenoxy) is 3. The Balaban J connectivity index is 4.88. The Morgan fingerprint density at radius 1 is 0.392 bits per heavy atom. The zero-order valence-electron chi connectivity index (χ0n) is 46.5. The van der Waals surface area contributed by atoms with E-state index >= 15 is 0 Å². The van der Waals surface area contributed by atoms with Crippen molar-refractivity contribution in [3.05, 3.63) is 109 Å². The average molecular weight is 1060 g/mol. The number of carbonyl (C=O) groups is 3. The Morgan fingerprint density at radius 3 is 1.23 bits per heavy atom. The van der Waals surface area contributed by atoms with Crippen molar-refractivity contribution in [1.29, 1.82) is 0 Å². The number of hydrogen-bond donors (Lipinski definition) is 2. The zero-order valence-corrected chi connectivity index (χ0v) is 47.4. The van der Waals surface area contributed by atoms with Crippen LogP contribution in [-0.2, 0) is 42.2 Å². The summed E-state index contributed by atoms with van der Waals surface area (Å²) in [6.45, 7) is 4.34. The number of aliphatic hydroxyl groups excluding tert-OH is 1. The van der Waals surface area contributed by atoms with Crippen LogP contribution in [-0.4, -0.2) is 66.5 Å². The Hall–Kier alpha value is -3.86. The molecule has 0 spiro atoms. The highest BCUT2D eigenvalue weighted by atomic mass is 31.2. The number of carbonyl (C=O) groups excluding carboxylic acids is 3. The predicted molar refractivity (Wildman–Crippen MR) is 307 cm³/mol. The summed E-state index contributed by atoms with van der Waals surface area (Å²) < 4.78 is 39.4. The van der Waals surface area contributed by atoms with Gasteiger partial charge in [0.1, 0.15) is 12.7 Å². The van der Waals surface area contributed by atoms with Crippen LogP contribution < -0.4 is 0 Å². The van der Waals surface area contributed by atoms with Crippen molar-refractivity contribution in [3.63, 3.8) is 0 Å². The molecular weight excluding hydrogens is 952 g/mol. The third-order valence-electron chi connectivity index (χ3n) is 11.6. The molecule has 2 N–H and O–H groups in total. The summed E-state index contributed by atoms with van der Waals surface area (Å²) in [6, 6.07) is 0. The maximum Gasteiger partial charge on any atom is 0.472 e. The van der Waals surface area contributed by atoms with Gasteiger partial charge in [-0.3, -0.25) is 23.4 Å². The Kier molecular flexibility index (Phi) is 52.5. The molecule has 3 unspecified atom stereocenters. The number of esters is 3. The second-order valence-electron chi connectivity index (χ2n) is 18.7. The van der Waals surface area contributed by atoms with Crippen LogP contribution in [0.1, 0.15) is 226 Å². The molecule has 3 atom stereocenters. The summed E-state index contributed by atoms with van der Waals surface area (Å²) in [5.41, 5.74) is 0. The highest BCUT2D eigenvalue weighted by molar-refractivity contribution is 7.47. The van der Waals surface area contributed by atoms with Crippen molar-refractivity contribution in [3.8, 4) is 0 Å². The third-order valence-corrected chi connectivity index (χ3v) is 12.6. The van der Waals surface area contributed by atoms with Gasteiger partial charge in [0.25, 0.3) is 0 Å². The SMILES string of the molecule is CC/C=C\C/C=C\C/C=C\C/C=C\C/C=C\C/C=C\CCC(=O)OC(COC(=O)CCCCCCC/C=C\CCCCCCCC)COP(=O)(O)OCC(CO)OC(=O)CCCCCCC/C=C\C/C=C\CCC. The Bertz CT molecular complexity index is 1660. The molecular formula is C62H103O11P. The molecule has 0 rings (SSSR count). The second-order valence-corrected chi connectivity index (χ2v) is 20.2. The zero-order chi connectivity index (χ0) is 54.1. The molecule has 0 radical (unpaired) electrons. The van der Waals surface area contributed by atoms with E-state index in [9.17, 15) is 28.9 Å². The maximum absolute atomic E-state index is 12.9. The Morgan fingerprint density at radius 2 is 0.757 bits per heavy atom. The lowest BCUT2D eigenvalue weighted by atomic mass is 10.1. The topological polar surface area (TPSA) is 155 Å². The third kappa shape index (κ3) is 53.0. The number of rotatable bonds is 52. The first-order valence-corrected chi connectivity index (χ1v) is 30.3. The lowest BCUT2D eigenvalue weighted by molar-refractivity contribution is -0.161. The van der Waals surface area contributed by atoms with E-state index < -0.39 is 57.8 Å². The molecule has 0 bridgehead atoms. The van der Waals surface area contributed by atoms with Crippen LogP contribution in [0.25, 0.3) is 0 Å². The van der Waals surface area contributed by atoms with Crippen LogP contribution in [0.5, 0.6) is 0 Å². The lowest BCUT2D eigenvalue weighted by Crippen LogP contribution is -2.30. The minimum Gasteiger partial charge on any atom is -0.462 e. The summed E-state index contributed by atoms with van der Waals surface area (Å²) >= 11 is 0. The molecule has 0 saturated carbocycles. The van der Waals surface area contributed by atoms with Gasteiger partial charge in [-0.1, -0.05) is 207 Å². The number of phosphoric ester groups is 1. The van der Waals surface area contributed by atoms with Gasteiger partial charge in [0.15, 0.2) is 6.10 Å². The van der Waals surface area contributed by atoms with Crippen molar-refractivity contribution in [2.24, 2.45) is 0 Å². The monoisotopic (exact) mass is 1050 g/mol. The molecule has 0 aliphatic heterocycles. The first-order valence-electron chi connectivity index (χ1n) is 28.8. The molecule has 0 saturated heterocycles. The molecule has 0 amide bonds. The molecule has 0 aliphatic rings. The summed E-state index contributed by atoms with van der Waals surface area (Å²) in [4.78, 5) is 48.5. The second kappa shape index (κ2) is 55.4. The molecule has 12 heteroatoms. The lowest BCUT2D eigenvalue weighted by Gasteiger charge is -2.21. The van der Waals surface area contributed by atoms with Crippen LogP contribution in [0, 0.1) is 0 Å². The quantitative estimate of drug-likeness (QED) is 0.0197. The normalized spacial score (nSPS) is 14.2. The van der Waals surface area contributed by atoms with Crippen LogP contribution in [0.15, 0.2) is 109 Å². The van der Waals surface area contributed by atoms with Gasteiger partial charge in [-0.15, -0.1) is 0 Å². The molecule has 0 aromatic rings. The van der Waals surface area contributed by atoms with Gasteiger partial charge in [-0.05, 0) is 109 Å². The minimum absolute atomic E-state index is 0.0352. The number of hydrogen-bond acceptors (Lipinski definition) is 10. The average Bonchev–Trinajstić information content (AvgIpc) is 3.39. The van der Waals surface area contributed by atoms with Crippen LogP contribution >= 0.6 is 7.82 Å². The Labute approximate surface area is 450 Å². The molecule has 74 heavy (non-hydrogen) atoms. The van der Waals surface area contributed by atoms with Gasteiger partial charge in [0.05, 0.1) is 19.8 Å². The first-order chi connectivity index (χ1) is 36.2. The minimum atomic E-state index is -4.78. The van der Waals surface area contributed by atoms with Gasteiger partial charge in [-0.25, -0.2) is 4.57 Å². The van der Waals surface area contributed by atoms with E-state index in [0.29, 0.717) is 25.7 Å². The van der Waals surface area contributed by atoms with E-state index in [1.807, 2.05) is 12.2 Å². The number of allylic oxidation sites excluding steroid dienone is 18. The van der Waals surface area contributed by atoms with Crippen LogP contribution in [0.4, 0.5) is 0 Å². The van der Waals surface area contributed by atoms with E-state index in [1.54, 1.807) is 0 Å². The summed E-state index contributed by atoms with van der Waals surface area (Å²) in [5.74, 6) is -1.60. The van der Waals surface area contributed by atoms with Gasteiger partial charge >= 0.3 is 25.7 Å². The van der Waals surface area contributed by atoms with E-state index in [1.165, 1.54) is 38.5 Å². The van der Waals surface area contributed by atoms with Gasteiger partial charge < -0.3 is 24.2 Å². The number of unbranched alkanes of at least 4 members (excludes halogenated alkanes) is 17. The highest BCUT2D eigenvalue weighted by Crippen LogP contribution is 2.43. The van der Waals surface area contributed by atoms with Crippen molar-refractivity contribution in [2.45, 2.75) is 238 Å². The summed E-state index contributed by atoms with van der Waals surface area (Å²) in [6.07, 6.45) is 66.3. The van der Waals surface area contributed by atoms with Crippen molar-refractivity contribution >= 4 is 25.7 Å². The van der Waals surface area contributed by atoms with E-state index in [2.05, 4.69) is 118 Å². The number of phosphoric acid groups is 1. The smallest absolute Gasteiger partial charge is 0.462 e. The van der Waals surface area contributed by atoms with Gasteiger partial charge in [0.2, 0.25) is 0 Å². The van der Waals surface area contributed by atoms with Crippen molar-refractivity contribution in [2.75, 3.05) is 26.4 Å². The molecule has 0 fully saturated rings. The molecule has 422 valence electrons. The van der Waals surface area contributed by atoms with Gasteiger partial charge in [0, 0.05) is 19.3 Å². The van der Waals surface area contributed by atoms with E-state index in [4.69, 9.17) is 23.3 Å². The first kappa shape index (κ1) is 70.1. The standard InChI is InChI=1S/C62H103O11P/c1-4-7-10-13-16-19-22-25-27-28-29-30-32-35-38-41-44-47-50-53-62(66)73-59(55-69-60(64)51-48-45-42-39-36-34-31-26-23-20-17-14-11-8-5-2)57-71-74(67,68)70-56-58(54-63)72-61(65)52-49-46-43-40-37-33-24-21-18-15-12-9-6-3/h7,10,12,15-16,19,21,24-27,29-31,35,38,44,47,58-59,63H,4-6,8-9,11,13-14,17-18,20,22-23,28,32-34,36-37,39-43,45-46,48-57H2,1-3H3,(H,67,68)/b10-7-,15-12-,19-16-,24-21-,27-25-,30-29-,31-26-,38-35-,47-44-. The molecule has 0 heterocycles. The molecule has 0 aromatic carbocycles. The van der Waals surface area contributed by atoms with Crippen molar-refractivity contribution < 1.29 is 52.2 Å². The van der Waals surface area contributed by atoms with Gasteiger partial charge in [-0.2, -0.15) is 0 Å². The fourth-order valence-electron chi connectivity index (χ4n) is 7.30. The summed E-state index contributed by atoms with van der Waals surface area (Å²) in [7, 11) is -4.78. The van der Waals surface area contributed by atoms with E-state index in [0.717, 1.165) is 122 Å². The largest absolute Gasteiger partial charge is 0.472 e. The fourth-order valence-corrected chi connectivity index (χ4v) is 8.08. The molecule has 11 nitrogen and oxygen atoms in total. The predicted octanol–water partition coefficient (Wildman–Crippen LogP) is 17.0. The van der Waals surface area contributed by atoms with Crippen molar-refractivity contribution in [1.82, 2.24) is 0 Å². The number of aliphatic hydroxyl groups is 1. The van der Waals surface area contributed by atoms with E-state index in [-0.39, 0.29) is 25.9 Å². The molecule has 0 aromatic heterocycles. The van der Waals surface area contributed by atoms with Crippen LogP contribution in [0.2, 0.25) is 0 Å². The summed E-state index contributed by atoms with van der Waals surface area (Å²) in [5, 5.41) is 9.80. The molecule has 0 aliphatic carbocycles. The highest BCUT2D eigenvalue weighted by Gasteiger charge is 2.28. The maximum atomic E-state index is 12.9. The fraction of sp³-hybridized carbons (Fsp3) is 0.661.